The molecule has 5 N–H and O–H groups in total. The van der Waals surface area contributed by atoms with E-state index in [2.05, 4.69) is 31.2 Å². The van der Waals surface area contributed by atoms with Crippen molar-refractivity contribution >= 4 is 46.4 Å². The molecule has 0 aliphatic carbocycles. The van der Waals surface area contributed by atoms with Gasteiger partial charge in [0.05, 0.1) is 30.0 Å². The fourth-order valence-electron chi connectivity index (χ4n) is 4.11. The van der Waals surface area contributed by atoms with Crippen LogP contribution in [0.1, 0.15) is 67.1 Å². The number of hydrogen-bond acceptors (Lipinski definition) is 7. The van der Waals surface area contributed by atoms with Crippen LogP contribution in [0.4, 0.5) is 0 Å². The van der Waals surface area contributed by atoms with E-state index in [0.717, 1.165) is 5.52 Å². The van der Waals surface area contributed by atoms with Crippen LogP contribution in [0, 0.1) is 10.8 Å². The van der Waals surface area contributed by atoms with Gasteiger partial charge >= 0.3 is 0 Å². The van der Waals surface area contributed by atoms with Crippen LogP contribution in [0.5, 0.6) is 0 Å². The van der Waals surface area contributed by atoms with Crippen molar-refractivity contribution in [2.75, 3.05) is 14.1 Å². The smallest absolute Gasteiger partial charge is 0.289 e. The van der Waals surface area contributed by atoms with Gasteiger partial charge in [0.1, 0.15) is 17.9 Å². The molecule has 0 saturated carbocycles. The molecule has 1 aromatic heterocycles. The number of H-pyrrole nitrogens is 1. The lowest BCUT2D eigenvalue weighted by Gasteiger charge is -2.33. The predicted octanol–water partition coefficient (Wildman–Crippen LogP) is 1.18. The summed E-state index contributed by atoms with van der Waals surface area (Å²) < 4.78 is 0. The Kier molecular flexibility index (Phi) is 11.6. The molecule has 0 aliphatic heterocycles. The molecule has 13 heteroatoms. The van der Waals surface area contributed by atoms with Gasteiger partial charge in [-0.1, -0.05) is 53.7 Å². The first-order valence-corrected chi connectivity index (χ1v) is 14.1. The number of carbonyl (C=O) groups excluding carboxylic acids is 6. The summed E-state index contributed by atoms with van der Waals surface area (Å²) in [6, 6.07) is 3.65. The topological polar surface area (TPSA) is 182 Å². The van der Waals surface area contributed by atoms with Gasteiger partial charge in [0.15, 0.2) is 0 Å². The minimum absolute atomic E-state index is 0.0366. The second-order valence-electron chi connectivity index (χ2n) is 13.1. The van der Waals surface area contributed by atoms with E-state index >= 15 is 0 Å². The fourth-order valence-corrected chi connectivity index (χ4v) is 4.11. The molecule has 0 radical (unpaired) electrons. The van der Waals surface area contributed by atoms with E-state index in [9.17, 15) is 28.8 Å². The number of aromatic nitrogens is 2. The van der Waals surface area contributed by atoms with Gasteiger partial charge in [-0.15, -0.1) is 0 Å². The Morgan fingerprint density at radius 3 is 2.09 bits per heavy atom. The second-order valence-corrected chi connectivity index (χ2v) is 13.1. The maximum Gasteiger partial charge on any atom is 0.289 e. The number of nitrogens with one attached hydrogen (secondary N) is 5. The van der Waals surface area contributed by atoms with Crippen LogP contribution >= 0.6 is 0 Å². The molecule has 3 atom stereocenters. The first-order chi connectivity index (χ1) is 19.8. The van der Waals surface area contributed by atoms with Crippen molar-refractivity contribution in [3.63, 3.8) is 0 Å². The number of para-hydroxylation sites is 2. The lowest BCUT2D eigenvalue weighted by Crippen LogP contribution is -2.59. The Hall–Kier alpha value is -4.29. The van der Waals surface area contributed by atoms with Gasteiger partial charge in [0.25, 0.3) is 5.91 Å². The monoisotopic (exact) mass is 599 g/mol. The van der Waals surface area contributed by atoms with E-state index in [-0.39, 0.29) is 24.3 Å². The highest BCUT2D eigenvalue weighted by Gasteiger charge is 2.37. The van der Waals surface area contributed by atoms with Gasteiger partial charge in [-0.2, -0.15) is 0 Å². The number of nitrogens with zero attached hydrogens (tertiary/aromatic N) is 2. The van der Waals surface area contributed by atoms with E-state index in [1.165, 1.54) is 25.9 Å². The summed E-state index contributed by atoms with van der Waals surface area (Å²) in [6.45, 7) is 12.3. The van der Waals surface area contributed by atoms with Gasteiger partial charge in [-0.3, -0.25) is 28.8 Å². The minimum Gasteiger partial charge on any atom is -0.349 e. The van der Waals surface area contributed by atoms with Crippen LogP contribution < -0.4 is 21.3 Å². The highest BCUT2D eigenvalue weighted by atomic mass is 16.2. The van der Waals surface area contributed by atoms with Crippen molar-refractivity contribution in [1.29, 1.82) is 0 Å². The van der Waals surface area contributed by atoms with Gasteiger partial charge < -0.3 is 31.2 Å². The molecule has 1 aromatic carbocycles. The maximum atomic E-state index is 13.4. The standard InChI is InChI=1S/C30H45N7O6/c1-17(24(40)27(42)31-16-21-33-18-12-10-11-13-19(18)34-21)32-26(41)20(14-23(39)37(8)9)35-28(43)25(30(5,6)7)36-22(38)15-29(2,3)4/h10-13,17,20,25H,14-16H2,1-9H3,(H,31,42)(H,32,41)(H,33,34)(H,35,43)(H,36,38)/t17?,20-,25+/m0/s1. The van der Waals surface area contributed by atoms with Crippen molar-refractivity contribution in [1.82, 2.24) is 36.1 Å². The van der Waals surface area contributed by atoms with E-state index < -0.39 is 59.4 Å². The zero-order valence-corrected chi connectivity index (χ0v) is 26.5. The highest BCUT2D eigenvalue weighted by Crippen LogP contribution is 2.22. The number of ketones is 1. The summed E-state index contributed by atoms with van der Waals surface area (Å²) in [5.74, 6) is -3.69. The minimum atomic E-state index is -1.37. The first kappa shape index (κ1) is 34.9. The number of carbonyl (C=O) groups is 6. The van der Waals surface area contributed by atoms with Crippen molar-refractivity contribution < 1.29 is 28.8 Å². The maximum absolute atomic E-state index is 13.4. The average Bonchev–Trinajstić information content (AvgIpc) is 3.30. The molecule has 0 bridgehead atoms. The summed E-state index contributed by atoms with van der Waals surface area (Å²) in [5, 5.41) is 10.2. The first-order valence-electron chi connectivity index (χ1n) is 14.1. The SMILES string of the molecule is CC(NC(=O)[C@H](CC(=O)N(C)C)NC(=O)[C@@H](NC(=O)CC(C)(C)C)C(C)(C)C)C(=O)C(=O)NCc1nc2ccccc2[nH]1. The van der Waals surface area contributed by atoms with E-state index in [4.69, 9.17) is 0 Å². The molecule has 1 heterocycles. The van der Waals surface area contributed by atoms with E-state index in [1.54, 1.807) is 26.8 Å². The third-order valence-electron chi connectivity index (χ3n) is 6.47. The summed E-state index contributed by atoms with van der Waals surface area (Å²) >= 11 is 0. The zero-order chi connectivity index (χ0) is 32.7. The number of rotatable bonds is 12. The normalized spacial score (nSPS) is 13.8. The Morgan fingerprint density at radius 2 is 1.53 bits per heavy atom. The molecule has 2 aromatic rings. The van der Waals surface area contributed by atoms with Crippen molar-refractivity contribution in [2.24, 2.45) is 10.8 Å². The number of imidazole rings is 1. The molecule has 0 saturated heterocycles. The van der Waals surface area contributed by atoms with Gasteiger partial charge in [0, 0.05) is 20.5 Å². The highest BCUT2D eigenvalue weighted by molar-refractivity contribution is 6.38. The molecule has 43 heavy (non-hydrogen) atoms. The Bertz CT molecular complexity index is 1320. The molecule has 2 rings (SSSR count). The summed E-state index contributed by atoms with van der Waals surface area (Å²) in [6.07, 6.45) is -0.232. The summed E-state index contributed by atoms with van der Waals surface area (Å²) in [5.41, 5.74) is 0.443. The van der Waals surface area contributed by atoms with Crippen LogP contribution in [-0.2, 0) is 35.3 Å². The van der Waals surface area contributed by atoms with E-state index in [0.29, 0.717) is 11.3 Å². The molecule has 0 fully saturated rings. The molecular weight excluding hydrogens is 554 g/mol. The number of benzene rings is 1. The molecule has 5 amide bonds. The zero-order valence-electron chi connectivity index (χ0n) is 26.5. The van der Waals surface area contributed by atoms with Crippen LogP contribution in [0.25, 0.3) is 11.0 Å². The fraction of sp³-hybridized carbons (Fsp3) is 0.567. The summed E-state index contributed by atoms with van der Waals surface area (Å²) in [7, 11) is 3.00. The Morgan fingerprint density at radius 1 is 0.907 bits per heavy atom. The third kappa shape index (κ3) is 10.8. The second kappa shape index (κ2) is 14.3. The number of fused-ring (bicyclic) bond motifs is 1. The van der Waals surface area contributed by atoms with Gasteiger partial charge in [-0.25, -0.2) is 4.98 Å². The summed E-state index contributed by atoms with van der Waals surface area (Å²) in [4.78, 5) is 85.8. The number of Topliss-reactive ketones (excluding diaryl/α,β-unsaturated/α-hetero) is 1. The van der Waals surface area contributed by atoms with Gasteiger partial charge in [-0.05, 0) is 29.9 Å². The largest absolute Gasteiger partial charge is 0.349 e. The number of amides is 5. The third-order valence-corrected chi connectivity index (χ3v) is 6.47. The predicted molar refractivity (Wildman–Crippen MR) is 161 cm³/mol. The Balaban J connectivity index is 2.11. The van der Waals surface area contributed by atoms with Crippen molar-refractivity contribution in [3.05, 3.63) is 30.1 Å². The quantitative estimate of drug-likeness (QED) is 0.227. The number of hydrogen-bond donors (Lipinski definition) is 5. The molecule has 0 aliphatic rings. The Labute approximate surface area is 252 Å². The van der Waals surface area contributed by atoms with Gasteiger partial charge in [0.2, 0.25) is 29.4 Å². The van der Waals surface area contributed by atoms with Crippen LogP contribution in [0.2, 0.25) is 0 Å². The average molecular weight is 600 g/mol. The molecule has 1 unspecified atom stereocenters. The number of aromatic amines is 1. The molecule has 0 spiro atoms. The lowest BCUT2D eigenvalue weighted by atomic mass is 9.85. The molecule has 13 nitrogen and oxygen atoms in total. The molecular formula is C30H45N7O6. The van der Waals surface area contributed by atoms with Crippen LogP contribution in [0.3, 0.4) is 0 Å². The lowest BCUT2D eigenvalue weighted by molar-refractivity contribution is -0.141. The molecule has 236 valence electrons. The van der Waals surface area contributed by atoms with Crippen molar-refractivity contribution in [2.45, 2.75) is 86.0 Å². The van der Waals surface area contributed by atoms with Crippen LogP contribution in [-0.4, -0.2) is 82.4 Å². The van der Waals surface area contributed by atoms with Crippen LogP contribution in [0.15, 0.2) is 24.3 Å². The van der Waals surface area contributed by atoms with Crippen molar-refractivity contribution in [3.8, 4) is 0 Å². The van der Waals surface area contributed by atoms with E-state index in [1.807, 2.05) is 39.0 Å².